The van der Waals surface area contributed by atoms with Gasteiger partial charge in [-0.05, 0) is 49.9 Å². The lowest BCUT2D eigenvalue weighted by atomic mass is 10.0. The van der Waals surface area contributed by atoms with E-state index in [1.54, 1.807) is 0 Å². The van der Waals surface area contributed by atoms with Gasteiger partial charge in [0.25, 0.3) is 0 Å². The van der Waals surface area contributed by atoms with Crippen molar-refractivity contribution in [3.05, 3.63) is 47.4 Å². The summed E-state index contributed by atoms with van der Waals surface area (Å²) in [6.45, 7) is 0. The summed E-state index contributed by atoms with van der Waals surface area (Å²) in [5.74, 6) is -0.840. The van der Waals surface area contributed by atoms with E-state index in [0.717, 1.165) is 12.8 Å². The van der Waals surface area contributed by atoms with Crippen LogP contribution in [0.2, 0.25) is 0 Å². The van der Waals surface area contributed by atoms with Crippen LogP contribution in [0.4, 0.5) is 17.6 Å². The second kappa shape index (κ2) is 6.86. The predicted molar refractivity (Wildman–Crippen MR) is 86.5 cm³/mol. The number of pyridine rings is 1. The van der Waals surface area contributed by atoms with Crippen LogP contribution in [0.1, 0.15) is 30.5 Å². The molecule has 0 radical (unpaired) electrons. The summed E-state index contributed by atoms with van der Waals surface area (Å²) in [5, 5.41) is 0. The lowest BCUT2D eigenvalue weighted by Gasteiger charge is -2.16. The van der Waals surface area contributed by atoms with Gasteiger partial charge in [0, 0.05) is 22.9 Å². The number of benzene rings is 1. The van der Waals surface area contributed by atoms with Crippen molar-refractivity contribution in [1.29, 1.82) is 0 Å². The van der Waals surface area contributed by atoms with Crippen LogP contribution in [-0.4, -0.2) is 18.9 Å². The Morgan fingerprint density at radius 1 is 1.00 bits per heavy atom. The highest BCUT2D eigenvalue weighted by atomic mass is 32.2. The van der Waals surface area contributed by atoms with Crippen LogP contribution in [0.25, 0.3) is 11.3 Å². The Hall–Kier alpha value is -2.16. The monoisotopic (exact) mass is 389 g/mol. The van der Waals surface area contributed by atoms with Crippen LogP contribution < -0.4 is 4.18 Å². The van der Waals surface area contributed by atoms with Gasteiger partial charge in [0.1, 0.15) is 11.6 Å². The van der Waals surface area contributed by atoms with Gasteiger partial charge in [-0.3, -0.25) is 4.98 Å². The van der Waals surface area contributed by atoms with E-state index in [1.165, 1.54) is 30.3 Å². The number of rotatable bonds is 3. The molecule has 1 aromatic heterocycles. The van der Waals surface area contributed by atoms with Crippen LogP contribution in [0.15, 0.2) is 30.3 Å². The Morgan fingerprint density at radius 2 is 1.65 bits per heavy atom. The summed E-state index contributed by atoms with van der Waals surface area (Å²) >= 11 is 0. The van der Waals surface area contributed by atoms with Gasteiger partial charge >= 0.3 is 15.6 Å². The zero-order valence-corrected chi connectivity index (χ0v) is 14.3. The van der Waals surface area contributed by atoms with Gasteiger partial charge in [0.05, 0.1) is 5.69 Å². The summed E-state index contributed by atoms with van der Waals surface area (Å²) in [6.07, 6.45) is 3.24. The van der Waals surface area contributed by atoms with Crippen molar-refractivity contribution < 1.29 is 30.2 Å². The highest BCUT2D eigenvalue weighted by Crippen LogP contribution is 2.35. The maximum Gasteiger partial charge on any atom is 0.534 e. The van der Waals surface area contributed by atoms with Crippen LogP contribution >= 0.6 is 0 Å². The lowest BCUT2D eigenvalue weighted by Crippen LogP contribution is -2.28. The SMILES string of the molecule is O=S(=O)(Oc1cc(-c2ccc(F)cc2)nc2c1CCCCC2)C(F)(F)F. The number of hydrogen-bond acceptors (Lipinski definition) is 4. The predicted octanol–water partition coefficient (Wildman–Crippen LogP) is 4.39. The van der Waals surface area contributed by atoms with E-state index in [-0.39, 0.29) is 11.4 Å². The number of nitrogens with zero attached hydrogens (tertiary/aromatic N) is 1. The van der Waals surface area contributed by atoms with Gasteiger partial charge in [-0.25, -0.2) is 4.39 Å². The molecule has 2 aromatic rings. The van der Waals surface area contributed by atoms with Crippen molar-refractivity contribution in [2.24, 2.45) is 0 Å². The minimum Gasteiger partial charge on any atom is -0.376 e. The summed E-state index contributed by atoms with van der Waals surface area (Å²) in [7, 11) is -5.79. The quantitative estimate of drug-likeness (QED) is 0.338. The molecule has 0 bridgehead atoms. The minimum absolute atomic E-state index is 0.234. The Morgan fingerprint density at radius 3 is 2.31 bits per heavy atom. The van der Waals surface area contributed by atoms with Crippen molar-refractivity contribution >= 4 is 10.1 Å². The number of aromatic nitrogens is 1. The fourth-order valence-corrected chi connectivity index (χ4v) is 3.33. The molecule has 3 rings (SSSR count). The normalized spacial score (nSPS) is 15.2. The molecule has 1 heterocycles. The van der Waals surface area contributed by atoms with Gasteiger partial charge in [-0.15, -0.1) is 0 Å². The number of alkyl halides is 3. The van der Waals surface area contributed by atoms with Crippen molar-refractivity contribution in [1.82, 2.24) is 4.98 Å². The molecule has 0 spiro atoms. The maximum atomic E-state index is 13.1. The van der Waals surface area contributed by atoms with Gasteiger partial charge < -0.3 is 4.18 Å². The smallest absolute Gasteiger partial charge is 0.376 e. The van der Waals surface area contributed by atoms with Gasteiger partial charge in [-0.1, -0.05) is 6.42 Å². The Balaban J connectivity index is 2.12. The van der Waals surface area contributed by atoms with E-state index in [9.17, 15) is 26.0 Å². The molecule has 1 aliphatic rings. The molecule has 4 nitrogen and oxygen atoms in total. The third-order valence-corrected chi connectivity index (χ3v) is 5.10. The summed E-state index contributed by atoms with van der Waals surface area (Å²) in [6, 6.07) is 6.39. The Labute approximate surface area is 148 Å². The molecular formula is C17H15F4NO3S. The van der Waals surface area contributed by atoms with E-state index in [4.69, 9.17) is 0 Å². The summed E-state index contributed by atoms with van der Waals surface area (Å²) < 4.78 is 78.7. The first-order chi connectivity index (χ1) is 12.2. The summed E-state index contributed by atoms with van der Waals surface area (Å²) in [5.41, 5.74) is -3.95. The fraction of sp³-hybridized carbons (Fsp3) is 0.353. The number of fused-ring (bicyclic) bond motifs is 1. The Kier molecular flexibility index (Phi) is 4.92. The number of hydrogen-bond donors (Lipinski definition) is 0. The first-order valence-electron chi connectivity index (χ1n) is 7.97. The molecule has 140 valence electrons. The summed E-state index contributed by atoms with van der Waals surface area (Å²) in [4.78, 5) is 4.45. The van der Waals surface area contributed by atoms with E-state index in [1.807, 2.05) is 0 Å². The molecule has 0 atom stereocenters. The van der Waals surface area contributed by atoms with E-state index in [0.29, 0.717) is 36.1 Å². The number of aryl methyl sites for hydroxylation is 1. The Bertz CT molecular complexity index is 909. The molecule has 0 amide bonds. The van der Waals surface area contributed by atoms with Crippen molar-refractivity contribution in [2.45, 2.75) is 37.6 Å². The molecule has 0 aliphatic heterocycles. The van der Waals surface area contributed by atoms with E-state index >= 15 is 0 Å². The molecular weight excluding hydrogens is 374 g/mol. The van der Waals surface area contributed by atoms with Crippen molar-refractivity contribution in [3.8, 4) is 17.0 Å². The van der Waals surface area contributed by atoms with Crippen LogP contribution in [0.5, 0.6) is 5.75 Å². The van der Waals surface area contributed by atoms with E-state index in [2.05, 4.69) is 9.17 Å². The fourth-order valence-electron chi connectivity index (χ4n) is 2.85. The molecule has 1 aliphatic carbocycles. The molecule has 0 saturated carbocycles. The van der Waals surface area contributed by atoms with Gasteiger partial charge in [0.15, 0.2) is 0 Å². The molecule has 0 fully saturated rings. The van der Waals surface area contributed by atoms with Crippen LogP contribution in [0.3, 0.4) is 0 Å². The topological polar surface area (TPSA) is 56.3 Å². The molecule has 0 N–H and O–H groups in total. The zero-order chi connectivity index (χ0) is 18.9. The number of halogens is 4. The average Bonchev–Trinajstić information content (AvgIpc) is 2.79. The molecule has 1 aromatic carbocycles. The van der Waals surface area contributed by atoms with Crippen molar-refractivity contribution in [2.75, 3.05) is 0 Å². The maximum absolute atomic E-state index is 13.1. The highest BCUT2D eigenvalue weighted by Gasteiger charge is 2.49. The second-order valence-corrected chi connectivity index (χ2v) is 7.52. The third kappa shape index (κ3) is 3.82. The third-order valence-electron chi connectivity index (χ3n) is 4.13. The standard InChI is InChI=1S/C17H15F4NO3S/c18-12-8-6-11(7-9-12)15-10-16(25-26(23,24)17(19,20)21)13-4-2-1-3-5-14(13)22-15/h6-10H,1-5H2. The molecule has 0 unspecified atom stereocenters. The van der Waals surface area contributed by atoms with E-state index < -0.39 is 21.4 Å². The second-order valence-electron chi connectivity index (χ2n) is 5.98. The molecule has 0 saturated heterocycles. The van der Waals surface area contributed by atoms with Crippen molar-refractivity contribution in [3.63, 3.8) is 0 Å². The average molecular weight is 389 g/mol. The largest absolute Gasteiger partial charge is 0.534 e. The minimum atomic E-state index is -5.79. The first-order valence-corrected chi connectivity index (χ1v) is 9.38. The highest BCUT2D eigenvalue weighted by molar-refractivity contribution is 7.88. The first kappa shape index (κ1) is 18.6. The zero-order valence-electron chi connectivity index (χ0n) is 13.5. The van der Waals surface area contributed by atoms with Crippen LogP contribution in [0, 0.1) is 5.82 Å². The van der Waals surface area contributed by atoms with Gasteiger partial charge in [-0.2, -0.15) is 21.6 Å². The van der Waals surface area contributed by atoms with Crippen LogP contribution in [-0.2, 0) is 23.0 Å². The molecule has 26 heavy (non-hydrogen) atoms. The van der Waals surface area contributed by atoms with Gasteiger partial charge in [0.2, 0.25) is 0 Å². The molecule has 9 heteroatoms. The lowest BCUT2D eigenvalue weighted by molar-refractivity contribution is -0.0500.